The van der Waals surface area contributed by atoms with Gasteiger partial charge in [-0.3, -0.25) is 9.59 Å². The van der Waals surface area contributed by atoms with Crippen molar-refractivity contribution in [3.05, 3.63) is 56.7 Å². The highest BCUT2D eigenvalue weighted by atomic mass is 32.1. The van der Waals surface area contributed by atoms with Crippen LogP contribution in [-0.4, -0.2) is 10.4 Å². The van der Waals surface area contributed by atoms with Gasteiger partial charge in [-0.25, -0.2) is 0 Å². The number of rotatable bonds is 3. The van der Waals surface area contributed by atoms with Gasteiger partial charge in [0.2, 0.25) is 0 Å². The summed E-state index contributed by atoms with van der Waals surface area (Å²) in [6.07, 6.45) is 7.75. The van der Waals surface area contributed by atoms with Gasteiger partial charge < -0.3 is 4.57 Å². The number of nitrogens with zero attached hydrogens (tertiary/aromatic N) is 1. The van der Waals surface area contributed by atoms with Crippen molar-refractivity contribution in [3.8, 4) is 10.4 Å². The lowest BCUT2D eigenvalue weighted by atomic mass is 9.90. The maximum absolute atomic E-state index is 12.8. The summed E-state index contributed by atoms with van der Waals surface area (Å²) in [5, 5.41) is 0.660. The molecule has 2 aromatic heterocycles. The third-order valence-electron chi connectivity index (χ3n) is 6.01. The van der Waals surface area contributed by atoms with Crippen molar-refractivity contribution in [3.63, 3.8) is 0 Å². The van der Waals surface area contributed by atoms with Crippen molar-refractivity contribution in [2.24, 2.45) is 0 Å². The summed E-state index contributed by atoms with van der Waals surface area (Å²) in [5.74, 6) is 0.496. The highest BCUT2D eigenvalue weighted by Crippen LogP contribution is 2.42. The van der Waals surface area contributed by atoms with Crippen LogP contribution in [0, 0.1) is 0 Å². The van der Waals surface area contributed by atoms with Gasteiger partial charge in [-0.1, -0.05) is 13.0 Å². The second-order valence-corrected chi connectivity index (χ2v) is 9.18. The van der Waals surface area contributed by atoms with E-state index >= 15 is 0 Å². The lowest BCUT2D eigenvalue weighted by Gasteiger charge is -2.17. The van der Waals surface area contributed by atoms with Gasteiger partial charge in [-0.2, -0.15) is 0 Å². The van der Waals surface area contributed by atoms with Crippen molar-refractivity contribution in [2.45, 2.75) is 57.9 Å². The minimum atomic E-state index is -0.153. The summed E-state index contributed by atoms with van der Waals surface area (Å²) in [7, 11) is 0. The van der Waals surface area contributed by atoms with E-state index in [2.05, 4.69) is 23.6 Å². The van der Waals surface area contributed by atoms with E-state index in [1.54, 1.807) is 6.20 Å². The molecule has 1 atom stereocenters. The second-order valence-electron chi connectivity index (χ2n) is 8.09. The van der Waals surface area contributed by atoms with Gasteiger partial charge in [0.25, 0.3) is 0 Å². The standard InChI is InChI=1S/C23H23NO2S/c1-13-4-3-5-16-11-21(27-23(13)16)15-6-9-18-20(10-15)24(17-7-8-17)12-19(14(2)25)22(18)26/h6,9-13,17H,3-5,7-8H2,1-2H3. The number of thiophene rings is 1. The van der Waals surface area contributed by atoms with Crippen LogP contribution in [0.3, 0.4) is 0 Å². The number of hydrogen-bond donors (Lipinski definition) is 0. The predicted molar refractivity (Wildman–Crippen MR) is 111 cm³/mol. The van der Waals surface area contributed by atoms with E-state index in [9.17, 15) is 9.59 Å². The molecule has 2 heterocycles. The average molecular weight is 378 g/mol. The van der Waals surface area contributed by atoms with Crippen molar-refractivity contribution in [1.82, 2.24) is 4.57 Å². The largest absolute Gasteiger partial charge is 0.343 e. The third kappa shape index (κ3) is 2.78. The zero-order chi connectivity index (χ0) is 18.7. The van der Waals surface area contributed by atoms with E-state index in [4.69, 9.17) is 0 Å². The van der Waals surface area contributed by atoms with Crippen LogP contribution >= 0.6 is 11.3 Å². The molecule has 3 nitrogen and oxygen atoms in total. The fourth-order valence-electron chi connectivity index (χ4n) is 4.34. The Morgan fingerprint density at radius 3 is 2.70 bits per heavy atom. The molecule has 1 saturated carbocycles. The molecule has 0 aliphatic heterocycles. The molecule has 0 bridgehead atoms. The van der Waals surface area contributed by atoms with Crippen LogP contribution in [0.25, 0.3) is 21.3 Å². The molecule has 0 amide bonds. The quantitative estimate of drug-likeness (QED) is 0.549. The fourth-order valence-corrected chi connectivity index (χ4v) is 5.63. The van der Waals surface area contributed by atoms with E-state index < -0.39 is 0 Å². The van der Waals surface area contributed by atoms with Crippen LogP contribution in [0.2, 0.25) is 0 Å². The number of carbonyl (C=O) groups excluding carboxylic acids is 1. The SMILES string of the molecule is CC(=O)c1cn(C2CC2)c2cc(-c3cc4c(s3)C(C)CCC4)ccc2c1=O. The van der Waals surface area contributed by atoms with Gasteiger partial charge in [0.1, 0.15) is 0 Å². The van der Waals surface area contributed by atoms with Crippen molar-refractivity contribution >= 4 is 28.0 Å². The molecule has 5 rings (SSSR count). The zero-order valence-electron chi connectivity index (χ0n) is 15.7. The second kappa shape index (κ2) is 6.16. The van der Waals surface area contributed by atoms with E-state index in [1.807, 2.05) is 23.5 Å². The summed E-state index contributed by atoms with van der Waals surface area (Å²) in [6, 6.07) is 8.88. The van der Waals surface area contributed by atoms with E-state index in [0.29, 0.717) is 22.9 Å². The minimum absolute atomic E-state index is 0.139. The van der Waals surface area contributed by atoms with Crippen LogP contribution in [0.15, 0.2) is 35.3 Å². The Morgan fingerprint density at radius 1 is 1.19 bits per heavy atom. The Bertz CT molecular complexity index is 1130. The van der Waals surface area contributed by atoms with Gasteiger partial charge in [0.05, 0.1) is 11.1 Å². The molecular weight excluding hydrogens is 354 g/mol. The third-order valence-corrected chi connectivity index (χ3v) is 7.47. The normalized spacial score (nSPS) is 19.3. The summed E-state index contributed by atoms with van der Waals surface area (Å²) in [5.41, 5.74) is 3.81. The zero-order valence-corrected chi connectivity index (χ0v) is 16.6. The van der Waals surface area contributed by atoms with Crippen LogP contribution in [0.4, 0.5) is 0 Å². The van der Waals surface area contributed by atoms with Crippen LogP contribution in [-0.2, 0) is 6.42 Å². The molecule has 2 aliphatic carbocycles. The number of ketones is 1. The Hall–Kier alpha value is -2.20. The van der Waals surface area contributed by atoms with Gasteiger partial charge in [0, 0.05) is 27.4 Å². The summed E-state index contributed by atoms with van der Waals surface area (Å²) in [4.78, 5) is 27.5. The Labute approximate surface area is 162 Å². The first kappa shape index (κ1) is 16.9. The number of fused-ring (bicyclic) bond motifs is 2. The maximum Gasteiger partial charge on any atom is 0.200 e. The molecule has 27 heavy (non-hydrogen) atoms. The van der Waals surface area contributed by atoms with Gasteiger partial charge in [-0.15, -0.1) is 11.3 Å². The molecule has 3 aromatic rings. The van der Waals surface area contributed by atoms with Crippen molar-refractivity contribution in [2.75, 3.05) is 0 Å². The first-order valence-corrected chi connectivity index (χ1v) is 10.7. The first-order valence-electron chi connectivity index (χ1n) is 9.85. The molecule has 4 heteroatoms. The predicted octanol–water partition coefficient (Wildman–Crippen LogP) is 5.71. The molecule has 0 spiro atoms. The summed E-state index contributed by atoms with van der Waals surface area (Å²) in [6.45, 7) is 3.80. The number of aryl methyl sites for hydroxylation is 1. The molecule has 1 aromatic carbocycles. The lowest BCUT2D eigenvalue weighted by molar-refractivity contribution is 0.101. The van der Waals surface area contributed by atoms with E-state index in [1.165, 1.54) is 47.1 Å². The topological polar surface area (TPSA) is 39.1 Å². The molecule has 2 aliphatic rings. The molecule has 0 saturated heterocycles. The van der Waals surface area contributed by atoms with E-state index in [0.717, 1.165) is 18.4 Å². The lowest BCUT2D eigenvalue weighted by Crippen LogP contribution is -2.17. The maximum atomic E-state index is 12.8. The smallest absolute Gasteiger partial charge is 0.200 e. The average Bonchev–Trinajstić information content (AvgIpc) is 3.39. The van der Waals surface area contributed by atoms with E-state index in [-0.39, 0.29) is 11.2 Å². The van der Waals surface area contributed by atoms with Gasteiger partial charge in [-0.05, 0) is 74.3 Å². The van der Waals surface area contributed by atoms with Gasteiger partial charge in [0.15, 0.2) is 11.2 Å². The number of carbonyl (C=O) groups is 1. The molecule has 0 N–H and O–H groups in total. The minimum Gasteiger partial charge on any atom is -0.343 e. The Morgan fingerprint density at radius 2 is 2.00 bits per heavy atom. The number of Topliss-reactive ketones (excluding diaryl/α,β-unsaturated/α-hetero) is 1. The molecule has 1 fully saturated rings. The van der Waals surface area contributed by atoms with Crippen molar-refractivity contribution < 1.29 is 4.79 Å². The highest BCUT2D eigenvalue weighted by molar-refractivity contribution is 7.15. The number of pyridine rings is 1. The summed E-state index contributed by atoms with van der Waals surface area (Å²) >= 11 is 1.91. The molecular formula is C23H23NO2S. The first-order chi connectivity index (χ1) is 13.0. The number of aromatic nitrogens is 1. The van der Waals surface area contributed by atoms with Gasteiger partial charge >= 0.3 is 0 Å². The number of benzene rings is 1. The molecule has 0 radical (unpaired) electrons. The van der Waals surface area contributed by atoms with Crippen LogP contribution in [0.1, 0.15) is 72.3 Å². The molecule has 1 unspecified atom stereocenters. The molecule has 138 valence electrons. The summed E-state index contributed by atoms with van der Waals surface area (Å²) < 4.78 is 2.16. The van der Waals surface area contributed by atoms with Crippen molar-refractivity contribution in [1.29, 1.82) is 0 Å². The highest BCUT2D eigenvalue weighted by Gasteiger charge is 2.26. The van der Waals surface area contributed by atoms with Crippen LogP contribution < -0.4 is 5.43 Å². The fraction of sp³-hybridized carbons (Fsp3) is 0.391. The monoisotopic (exact) mass is 377 g/mol. The number of hydrogen-bond acceptors (Lipinski definition) is 3. The Kier molecular flexibility index (Phi) is 3.87. The van der Waals surface area contributed by atoms with Crippen LogP contribution in [0.5, 0.6) is 0 Å². The Balaban J connectivity index is 1.70.